The van der Waals surface area contributed by atoms with Gasteiger partial charge in [0.05, 0.1) is 33.3 Å². The molecule has 0 aliphatic rings. The Morgan fingerprint density at radius 3 is 1.76 bits per heavy atom. The summed E-state index contributed by atoms with van der Waals surface area (Å²) in [5, 5.41) is 11.4. The lowest BCUT2D eigenvalue weighted by Gasteiger charge is -2.16. The molecule has 288 valence electrons. The Hall–Kier alpha value is -8.13. The van der Waals surface area contributed by atoms with E-state index in [1.54, 1.807) is 11.3 Å². The van der Waals surface area contributed by atoms with Gasteiger partial charge in [0, 0.05) is 58.1 Å². The van der Waals surface area contributed by atoms with Crippen LogP contribution in [0, 0.1) is 0 Å². The van der Waals surface area contributed by atoms with E-state index in [-0.39, 0.29) is 0 Å². The molecule has 0 atom stereocenters. The second kappa shape index (κ2) is 12.7. The fraction of sp³-hybridized carbons (Fsp3) is 0. The number of aromatic nitrogens is 5. The predicted octanol–water partition coefficient (Wildman–Crippen LogP) is 14.8. The van der Waals surface area contributed by atoms with Crippen molar-refractivity contribution in [2.75, 3.05) is 0 Å². The smallest absolute Gasteiger partial charge is 0.238 e. The lowest BCUT2D eigenvalue weighted by molar-refractivity contribution is 0.669. The van der Waals surface area contributed by atoms with Crippen LogP contribution in [0.25, 0.3) is 131 Å². The maximum absolute atomic E-state index is 6.65. The minimum atomic E-state index is 0.543. The number of thiophene rings is 1. The van der Waals surface area contributed by atoms with Crippen LogP contribution in [0.1, 0.15) is 0 Å². The van der Waals surface area contributed by atoms with Gasteiger partial charge in [-0.15, -0.1) is 11.3 Å². The molecule has 5 heterocycles. The zero-order valence-corrected chi connectivity index (χ0v) is 33.8. The molecule has 9 aromatic carbocycles. The van der Waals surface area contributed by atoms with E-state index >= 15 is 0 Å². The fourth-order valence-electron chi connectivity index (χ4n) is 9.84. The maximum atomic E-state index is 6.65. The number of benzene rings is 9. The highest BCUT2D eigenvalue weighted by atomic mass is 32.1. The standard InChI is InChI=1S/C55H31N5OS/c1-2-14-33-31-46-40(29-32(33)13-1)37-17-5-8-20-42(37)59(46)45-26-27-48-51(39-19-6-11-23-47(39)61-48)52(45)54-56-53(34-25-28-50-41(30-34)38-18-7-12-24-49(38)62-50)57-55(58-54)60-43-21-9-3-15-35(43)36-16-4-10-22-44(36)60/h1-31H. The van der Waals surface area contributed by atoms with Crippen LogP contribution < -0.4 is 0 Å². The highest BCUT2D eigenvalue weighted by Crippen LogP contribution is 2.44. The maximum Gasteiger partial charge on any atom is 0.238 e. The van der Waals surface area contributed by atoms with Crippen LogP contribution in [-0.4, -0.2) is 24.1 Å². The summed E-state index contributed by atoms with van der Waals surface area (Å²) >= 11 is 1.81. The van der Waals surface area contributed by atoms with Crippen molar-refractivity contribution in [2.45, 2.75) is 0 Å². The lowest BCUT2D eigenvalue weighted by atomic mass is 10.0. The van der Waals surface area contributed by atoms with E-state index in [4.69, 9.17) is 19.4 Å². The Morgan fingerprint density at radius 1 is 0.387 bits per heavy atom. The second-order valence-electron chi connectivity index (χ2n) is 16.0. The number of hydrogen-bond acceptors (Lipinski definition) is 5. The molecule has 0 fully saturated rings. The van der Waals surface area contributed by atoms with Crippen molar-refractivity contribution in [3.05, 3.63) is 188 Å². The van der Waals surface area contributed by atoms with Crippen molar-refractivity contribution in [3.63, 3.8) is 0 Å². The Kier molecular flexibility index (Phi) is 6.89. The molecule has 0 saturated carbocycles. The quantitative estimate of drug-likeness (QED) is 0.178. The molecule has 0 spiro atoms. The van der Waals surface area contributed by atoms with E-state index in [1.807, 2.05) is 12.1 Å². The Labute approximate surface area is 357 Å². The van der Waals surface area contributed by atoms with E-state index < -0.39 is 0 Å². The van der Waals surface area contributed by atoms with E-state index in [0.717, 1.165) is 71.6 Å². The number of para-hydroxylation sites is 4. The minimum Gasteiger partial charge on any atom is -0.456 e. The van der Waals surface area contributed by atoms with Gasteiger partial charge in [-0.05, 0) is 83.6 Å². The van der Waals surface area contributed by atoms with Gasteiger partial charge in [-0.25, -0.2) is 4.98 Å². The Morgan fingerprint density at radius 2 is 0.984 bits per heavy atom. The molecule has 14 aromatic rings. The minimum absolute atomic E-state index is 0.543. The van der Waals surface area contributed by atoms with Crippen molar-refractivity contribution in [2.24, 2.45) is 0 Å². The Balaban J connectivity index is 1.15. The third-order valence-electron chi connectivity index (χ3n) is 12.6. The number of furan rings is 1. The van der Waals surface area contributed by atoms with Gasteiger partial charge in [0.25, 0.3) is 0 Å². The first-order chi connectivity index (χ1) is 30.7. The van der Waals surface area contributed by atoms with Crippen LogP contribution in [0.2, 0.25) is 0 Å². The van der Waals surface area contributed by atoms with Crippen LogP contribution in [0.5, 0.6) is 0 Å². The van der Waals surface area contributed by atoms with Gasteiger partial charge in [-0.3, -0.25) is 4.57 Å². The average molecular weight is 810 g/mol. The SMILES string of the molecule is c1ccc2cc3c(cc2c1)c1ccccc1n3-c1ccc2oc3ccccc3c2c1-c1nc(-c2ccc3sc4ccccc4c3c2)nc(-n2c3ccccc3c3ccccc32)n1. The van der Waals surface area contributed by atoms with Gasteiger partial charge in [0.1, 0.15) is 11.2 Å². The summed E-state index contributed by atoms with van der Waals surface area (Å²) in [6, 6.07) is 66.7. The molecule has 5 aromatic heterocycles. The molecular weight excluding hydrogens is 779 g/mol. The van der Waals surface area contributed by atoms with Crippen LogP contribution in [0.4, 0.5) is 0 Å². The average Bonchev–Trinajstić information content (AvgIpc) is 4.08. The van der Waals surface area contributed by atoms with Gasteiger partial charge >= 0.3 is 0 Å². The molecule has 0 aliphatic carbocycles. The zero-order chi connectivity index (χ0) is 40.5. The lowest BCUT2D eigenvalue weighted by Crippen LogP contribution is -2.08. The van der Waals surface area contributed by atoms with Crippen molar-refractivity contribution in [1.29, 1.82) is 0 Å². The van der Waals surface area contributed by atoms with Crippen molar-refractivity contribution < 1.29 is 4.42 Å². The van der Waals surface area contributed by atoms with Gasteiger partial charge in [-0.1, -0.05) is 115 Å². The van der Waals surface area contributed by atoms with Crippen molar-refractivity contribution >= 4 is 108 Å². The number of hydrogen-bond donors (Lipinski definition) is 0. The van der Waals surface area contributed by atoms with Gasteiger partial charge < -0.3 is 8.98 Å². The predicted molar refractivity (Wildman–Crippen MR) is 257 cm³/mol. The summed E-state index contributed by atoms with van der Waals surface area (Å²) < 4.78 is 13.7. The first-order valence-electron chi connectivity index (χ1n) is 20.8. The van der Waals surface area contributed by atoms with E-state index in [9.17, 15) is 0 Å². The highest BCUT2D eigenvalue weighted by Gasteiger charge is 2.26. The molecule has 0 unspecified atom stereocenters. The summed E-state index contributed by atoms with van der Waals surface area (Å²) in [5.41, 5.74) is 8.56. The topological polar surface area (TPSA) is 61.7 Å². The van der Waals surface area contributed by atoms with Crippen molar-refractivity contribution in [1.82, 2.24) is 24.1 Å². The number of nitrogens with zero attached hydrogens (tertiary/aromatic N) is 5. The molecule has 7 heteroatoms. The van der Waals surface area contributed by atoms with Crippen LogP contribution in [0.3, 0.4) is 0 Å². The fourth-order valence-corrected chi connectivity index (χ4v) is 10.9. The molecular formula is C55H31N5OS. The summed E-state index contributed by atoms with van der Waals surface area (Å²) in [5.74, 6) is 1.69. The number of fused-ring (bicyclic) bond motifs is 13. The van der Waals surface area contributed by atoms with Gasteiger partial charge in [-0.2, -0.15) is 9.97 Å². The summed E-state index contributed by atoms with van der Waals surface area (Å²) in [4.78, 5) is 16.5. The van der Waals surface area contributed by atoms with E-state index in [0.29, 0.717) is 17.6 Å². The largest absolute Gasteiger partial charge is 0.456 e. The first-order valence-corrected chi connectivity index (χ1v) is 21.6. The van der Waals surface area contributed by atoms with E-state index in [1.165, 1.54) is 41.7 Å². The third kappa shape index (κ3) is 4.76. The number of rotatable bonds is 4. The molecule has 0 radical (unpaired) electrons. The van der Waals surface area contributed by atoms with Gasteiger partial charge in [0.15, 0.2) is 11.6 Å². The normalized spacial score (nSPS) is 12.2. The third-order valence-corrected chi connectivity index (χ3v) is 13.7. The van der Waals surface area contributed by atoms with Crippen LogP contribution in [0.15, 0.2) is 192 Å². The Bertz CT molecular complexity index is 4130. The molecule has 62 heavy (non-hydrogen) atoms. The second-order valence-corrected chi connectivity index (χ2v) is 17.0. The molecule has 0 aliphatic heterocycles. The summed E-state index contributed by atoms with van der Waals surface area (Å²) in [6.07, 6.45) is 0. The zero-order valence-electron chi connectivity index (χ0n) is 33.0. The highest BCUT2D eigenvalue weighted by molar-refractivity contribution is 7.25. The molecule has 6 nitrogen and oxygen atoms in total. The first kappa shape index (κ1) is 33.7. The molecule has 14 rings (SSSR count). The molecule has 0 N–H and O–H groups in total. The van der Waals surface area contributed by atoms with Crippen molar-refractivity contribution in [3.8, 4) is 34.4 Å². The van der Waals surface area contributed by atoms with Crippen LogP contribution >= 0.6 is 11.3 Å². The summed E-state index contributed by atoms with van der Waals surface area (Å²) in [6.45, 7) is 0. The van der Waals surface area contributed by atoms with E-state index in [2.05, 4.69) is 185 Å². The molecule has 0 bridgehead atoms. The summed E-state index contributed by atoms with van der Waals surface area (Å²) in [7, 11) is 0. The van der Waals surface area contributed by atoms with Gasteiger partial charge in [0.2, 0.25) is 5.95 Å². The van der Waals surface area contributed by atoms with Crippen LogP contribution in [-0.2, 0) is 0 Å². The monoisotopic (exact) mass is 809 g/mol. The molecule has 0 saturated heterocycles. The molecule has 0 amide bonds.